The van der Waals surface area contributed by atoms with Gasteiger partial charge in [-0.2, -0.15) is 20.5 Å². The fourth-order valence-corrected chi connectivity index (χ4v) is 8.11. The number of imide groups is 2. The molecule has 0 aromatic heterocycles. The zero-order valence-electron chi connectivity index (χ0n) is 23.7. The Labute approximate surface area is 278 Å². The van der Waals surface area contributed by atoms with Crippen molar-refractivity contribution in [1.82, 2.24) is 9.80 Å². The van der Waals surface area contributed by atoms with Crippen molar-refractivity contribution in [3.05, 3.63) is 46.5 Å². The highest BCUT2D eigenvalue weighted by Crippen LogP contribution is 2.55. The summed E-state index contributed by atoms with van der Waals surface area (Å²) < 4.78 is 0. The molecular formula is C32H14N6O4S4. The number of thiocarbonyl (C=S) groups is 2. The minimum Gasteiger partial charge on any atom is -0.275 e. The van der Waals surface area contributed by atoms with Gasteiger partial charge in [0.25, 0.3) is 23.6 Å². The van der Waals surface area contributed by atoms with Crippen molar-refractivity contribution >= 4 is 136 Å². The number of isothiocyanates is 2. The lowest BCUT2D eigenvalue weighted by Crippen LogP contribution is -2.40. The molecule has 0 saturated carbocycles. The zero-order valence-corrected chi connectivity index (χ0v) is 26.9. The number of thioether (sulfide) groups is 2. The van der Waals surface area contributed by atoms with Gasteiger partial charge in [0, 0.05) is 77.1 Å². The summed E-state index contributed by atoms with van der Waals surface area (Å²) in [6.07, 6.45) is 0. The van der Waals surface area contributed by atoms with Crippen LogP contribution in [0, 0.1) is 21.3 Å². The first-order valence-electron chi connectivity index (χ1n) is 13.6. The Bertz CT molecular complexity index is 2360. The molecule has 0 bridgehead atoms. The molecule has 46 heavy (non-hydrogen) atoms. The number of aliphatic imine (C=N–C) groups is 2. The van der Waals surface area contributed by atoms with Crippen LogP contribution in [0.4, 0.5) is 11.4 Å². The van der Waals surface area contributed by atoms with Crippen LogP contribution in [0.15, 0.2) is 44.0 Å². The van der Waals surface area contributed by atoms with Crippen LogP contribution >= 0.6 is 48.0 Å². The predicted octanol–water partition coefficient (Wildman–Crippen LogP) is 7.58. The van der Waals surface area contributed by atoms with Gasteiger partial charge >= 0.3 is 0 Å². The van der Waals surface area contributed by atoms with Crippen molar-refractivity contribution in [2.45, 2.75) is 23.6 Å². The van der Waals surface area contributed by atoms with E-state index in [1.165, 1.54) is 12.1 Å². The molecule has 0 unspecified atom stereocenters. The molecule has 0 fully saturated rings. The zero-order chi connectivity index (χ0) is 32.6. The van der Waals surface area contributed by atoms with Gasteiger partial charge in [-0.1, -0.05) is 0 Å². The Morgan fingerprint density at radius 1 is 0.587 bits per heavy atom. The van der Waals surface area contributed by atoms with Crippen LogP contribution < -0.4 is 0 Å². The Hall–Kier alpha value is -5.04. The molecule has 2 heterocycles. The number of carbonyl (C=O) groups is 4. The highest BCUT2D eigenvalue weighted by molar-refractivity contribution is 8.04. The smallest absolute Gasteiger partial charge is 0.261 e. The second kappa shape index (κ2) is 10.8. The van der Waals surface area contributed by atoms with Gasteiger partial charge in [-0.25, -0.2) is 0 Å². The fourth-order valence-electron chi connectivity index (χ4n) is 6.75. The molecule has 0 radical (unpaired) electrons. The Kier molecular flexibility index (Phi) is 6.96. The lowest BCUT2D eigenvalue weighted by molar-refractivity contribution is 0.0603. The summed E-state index contributed by atoms with van der Waals surface area (Å²) in [4.78, 5) is 66.8. The van der Waals surface area contributed by atoms with Crippen LogP contribution in [0.5, 0.6) is 0 Å². The van der Waals surface area contributed by atoms with E-state index in [0.717, 1.165) is 33.3 Å². The normalized spacial score (nSPS) is 13.8. The van der Waals surface area contributed by atoms with Crippen LogP contribution in [0.1, 0.15) is 55.3 Å². The van der Waals surface area contributed by atoms with E-state index in [9.17, 15) is 29.7 Å². The van der Waals surface area contributed by atoms with E-state index in [1.54, 1.807) is 26.0 Å². The maximum absolute atomic E-state index is 13.8. The van der Waals surface area contributed by atoms with E-state index >= 15 is 0 Å². The molecule has 4 amide bonds. The van der Waals surface area contributed by atoms with E-state index in [-0.39, 0.29) is 46.7 Å². The van der Waals surface area contributed by atoms with Gasteiger partial charge in [-0.15, -0.1) is 0 Å². The summed E-state index contributed by atoms with van der Waals surface area (Å²) in [7, 11) is 0. The van der Waals surface area contributed by atoms with Crippen molar-refractivity contribution in [3.8, 4) is 10.8 Å². The molecule has 0 atom stereocenters. The highest BCUT2D eigenvalue weighted by atomic mass is 32.2. The second-order valence-electron chi connectivity index (χ2n) is 10.2. The Morgan fingerprint density at radius 2 is 0.935 bits per heavy atom. The molecule has 0 aliphatic carbocycles. The maximum atomic E-state index is 13.8. The largest absolute Gasteiger partial charge is 0.275 e. The average molecular weight is 675 g/mol. The molecule has 7 rings (SSSR count). The van der Waals surface area contributed by atoms with Crippen LogP contribution in [0.3, 0.4) is 0 Å². The minimum absolute atomic E-state index is 0.107. The SMILES string of the molecule is CCN1C(=O)c2cc(N=C=S)c3c4c(N=C=S)cc5c6c(cc(SC#N)c(c7c(SC#N)cc(c2c37)C1=O)c64)C(=O)N(CC)C5=O. The number of carbonyl (C=O) groups excluding carboxylic acids is 4. The van der Waals surface area contributed by atoms with E-state index < -0.39 is 23.6 Å². The molecule has 10 nitrogen and oxygen atoms in total. The number of benzene rings is 5. The lowest BCUT2D eigenvalue weighted by Gasteiger charge is -2.31. The molecule has 5 aromatic rings. The van der Waals surface area contributed by atoms with Crippen LogP contribution in [0.25, 0.3) is 43.1 Å². The molecule has 220 valence electrons. The van der Waals surface area contributed by atoms with Gasteiger partial charge in [-0.05, 0) is 86.1 Å². The van der Waals surface area contributed by atoms with Gasteiger partial charge in [0.05, 0.1) is 32.8 Å². The van der Waals surface area contributed by atoms with Gasteiger partial charge in [0.15, 0.2) is 0 Å². The number of nitrogens with zero attached hydrogens (tertiary/aromatic N) is 6. The molecule has 0 saturated heterocycles. The van der Waals surface area contributed by atoms with Crippen LogP contribution in [-0.2, 0) is 0 Å². The van der Waals surface area contributed by atoms with Gasteiger partial charge < -0.3 is 0 Å². The number of hydrogen-bond acceptors (Lipinski definition) is 12. The number of nitriles is 2. The standard InChI is InChI=1S/C32H14N6O4S4/c1-3-37-29(39)13-5-17(35-11-43)23-24-18(36-12-44)6-14-22-16(32(42)38(4-2)30(14)40)8-20(46-10-34)26(28(22)24)25-19(45-9-33)7-15(31(37)41)21(13)27(23)25/h5-8H,3-4H2,1-2H3. The minimum atomic E-state index is -0.533. The first-order valence-corrected chi connectivity index (χ1v) is 16.1. The van der Waals surface area contributed by atoms with Crippen LogP contribution in [-0.4, -0.2) is 56.8 Å². The Balaban J connectivity index is 1.93. The van der Waals surface area contributed by atoms with Crippen LogP contribution in [0.2, 0.25) is 0 Å². The van der Waals surface area contributed by atoms with Crippen molar-refractivity contribution in [3.63, 3.8) is 0 Å². The van der Waals surface area contributed by atoms with E-state index in [2.05, 4.69) is 31.1 Å². The summed E-state index contributed by atoms with van der Waals surface area (Å²) in [5.41, 5.74) is 1.24. The first kappa shape index (κ1) is 29.7. The maximum Gasteiger partial charge on any atom is 0.261 e. The molecule has 0 N–H and O–H groups in total. The van der Waals surface area contributed by atoms with Gasteiger partial charge in [0.1, 0.15) is 10.8 Å². The number of fused-ring (bicyclic) bond motifs is 2. The predicted molar refractivity (Wildman–Crippen MR) is 182 cm³/mol. The van der Waals surface area contributed by atoms with Crippen molar-refractivity contribution in [2.75, 3.05) is 13.1 Å². The van der Waals surface area contributed by atoms with Crippen molar-refractivity contribution in [2.24, 2.45) is 9.98 Å². The summed E-state index contributed by atoms with van der Waals surface area (Å²) in [6.45, 7) is 3.58. The monoisotopic (exact) mass is 674 g/mol. The third-order valence-electron chi connectivity index (χ3n) is 8.37. The summed E-state index contributed by atoms with van der Waals surface area (Å²) >= 11 is 11.7. The molecule has 14 heteroatoms. The number of thiocyanates is 2. The molecule has 0 spiro atoms. The third-order valence-corrected chi connectivity index (χ3v) is 9.82. The topological polar surface area (TPSA) is 147 Å². The summed E-state index contributed by atoms with van der Waals surface area (Å²) in [6, 6.07) is 6.21. The third kappa shape index (κ3) is 3.71. The van der Waals surface area contributed by atoms with Gasteiger partial charge in [0.2, 0.25) is 0 Å². The quantitative estimate of drug-likeness (QED) is 0.0336. The number of rotatable bonds is 6. The van der Waals surface area contributed by atoms with E-state index in [1.807, 2.05) is 0 Å². The van der Waals surface area contributed by atoms with Crippen molar-refractivity contribution in [1.29, 1.82) is 10.5 Å². The van der Waals surface area contributed by atoms with E-state index in [0.29, 0.717) is 52.9 Å². The molecule has 2 aliphatic rings. The second-order valence-corrected chi connectivity index (χ2v) is 12.3. The van der Waals surface area contributed by atoms with Gasteiger partial charge in [-0.3, -0.25) is 29.0 Å². The average Bonchev–Trinajstić information content (AvgIpc) is 3.04. The lowest BCUT2D eigenvalue weighted by atomic mass is 9.81. The number of amides is 4. The fraction of sp³-hybridized carbons (Fsp3) is 0.125. The number of hydrogen-bond donors (Lipinski definition) is 0. The summed E-state index contributed by atoms with van der Waals surface area (Å²) in [5.74, 6) is -2.12. The highest BCUT2D eigenvalue weighted by Gasteiger charge is 2.39. The summed E-state index contributed by atoms with van der Waals surface area (Å²) in [5, 5.41) is 32.0. The Morgan fingerprint density at radius 3 is 1.24 bits per heavy atom. The molecule has 2 aliphatic heterocycles. The molecule has 5 aromatic carbocycles. The van der Waals surface area contributed by atoms with Crippen molar-refractivity contribution < 1.29 is 19.2 Å². The molecular weight excluding hydrogens is 661 g/mol. The van der Waals surface area contributed by atoms with E-state index in [4.69, 9.17) is 24.4 Å². The first-order chi connectivity index (χ1) is 22.3.